The lowest BCUT2D eigenvalue weighted by atomic mass is 10.1. The predicted octanol–water partition coefficient (Wildman–Crippen LogP) is 2.36. The fourth-order valence-corrected chi connectivity index (χ4v) is 1.55. The van der Waals surface area contributed by atoms with Crippen molar-refractivity contribution < 1.29 is 19.1 Å². The number of terminal acetylenes is 1. The molecule has 0 aromatic heterocycles. The van der Waals surface area contributed by atoms with Crippen LogP contribution in [0.25, 0.3) is 0 Å². The zero-order chi connectivity index (χ0) is 15.8. The Hall–Kier alpha value is -1.96. The van der Waals surface area contributed by atoms with Crippen LogP contribution in [-0.2, 0) is 14.3 Å². The molecule has 0 bridgehead atoms. The van der Waals surface area contributed by atoms with Crippen molar-refractivity contribution in [1.82, 2.24) is 4.90 Å². The molecule has 0 aliphatic heterocycles. The maximum Gasteiger partial charge on any atom is 0.411 e. The van der Waals surface area contributed by atoms with Crippen LogP contribution in [0.4, 0.5) is 4.79 Å². The Balaban J connectivity index is 5.15. The molecule has 0 N–H and O–H groups in total. The molecule has 0 heterocycles. The molecule has 0 saturated carbocycles. The summed E-state index contributed by atoms with van der Waals surface area (Å²) in [5, 5.41) is 0. The summed E-state index contributed by atoms with van der Waals surface area (Å²) >= 11 is 0. The molecular weight excluding hydrogens is 258 g/mol. The molecule has 1 amide bonds. The highest BCUT2D eigenvalue weighted by molar-refractivity contribution is 5.81. The van der Waals surface area contributed by atoms with Gasteiger partial charge in [-0.25, -0.2) is 9.59 Å². The van der Waals surface area contributed by atoms with Crippen LogP contribution in [-0.4, -0.2) is 42.3 Å². The summed E-state index contributed by atoms with van der Waals surface area (Å²) in [6.07, 6.45) is 6.82. The first-order chi connectivity index (χ1) is 9.26. The molecule has 20 heavy (non-hydrogen) atoms. The molecule has 0 spiro atoms. The van der Waals surface area contributed by atoms with Gasteiger partial charge in [0.1, 0.15) is 11.6 Å². The van der Waals surface area contributed by atoms with Crippen LogP contribution >= 0.6 is 0 Å². The molecule has 0 aromatic rings. The Kier molecular flexibility index (Phi) is 7.45. The minimum Gasteiger partial charge on any atom is -0.467 e. The van der Waals surface area contributed by atoms with E-state index in [0.717, 1.165) is 0 Å². The molecule has 0 saturated heterocycles. The largest absolute Gasteiger partial charge is 0.467 e. The molecule has 0 aliphatic rings. The lowest BCUT2D eigenvalue weighted by molar-refractivity contribution is -0.146. The van der Waals surface area contributed by atoms with Gasteiger partial charge in [-0.05, 0) is 27.2 Å². The van der Waals surface area contributed by atoms with Crippen LogP contribution < -0.4 is 0 Å². The summed E-state index contributed by atoms with van der Waals surface area (Å²) in [6, 6.07) is -0.774. The van der Waals surface area contributed by atoms with Gasteiger partial charge in [-0.3, -0.25) is 4.90 Å². The minimum atomic E-state index is -0.774. The Morgan fingerprint density at radius 2 is 2.05 bits per heavy atom. The van der Waals surface area contributed by atoms with E-state index >= 15 is 0 Å². The maximum absolute atomic E-state index is 12.2. The van der Waals surface area contributed by atoms with Crippen molar-refractivity contribution in [3.63, 3.8) is 0 Å². The van der Waals surface area contributed by atoms with Gasteiger partial charge in [-0.15, -0.1) is 18.9 Å². The van der Waals surface area contributed by atoms with Crippen molar-refractivity contribution in [2.24, 2.45) is 0 Å². The molecule has 1 atom stereocenters. The van der Waals surface area contributed by atoms with Crippen molar-refractivity contribution in [2.45, 2.75) is 45.3 Å². The normalized spacial score (nSPS) is 11.9. The van der Waals surface area contributed by atoms with Crippen molar-refractivity contribution in [2.75, 3.05) is 13.7 Å². The highest BCUT2D eigenvalue weighted by Crippen LogP contribution is 2.15. The van der Waals surface area contributed by atoms with Crippen LogP contribution in [0.3, 0.4) is 0 Å². The smallest absolute Gasteiger partial charge is 0.411 e. The lowest BCUT2D eigenvalue weighted by Gasteiger charge is -2.31. The first-order valence-electron chi connectivity index (χ1n) is 6.38. The predicted molar refractivity (Wildman–Crippen MR) is 77.0 cm³/mol. The van der Waals surface area contributed by atoms with E-state index in [-0.39, 0.29) is 6.54 Å². The van der Waals surface area contributed by atoms with Gasteiger partial charge in [-0.1, -0.05) is 6.08 Å². The number of nitrogens with zero attached hydrogens (tertiary/aromatic N) is 1. The molecule has 0 aromatic carbocycles. The van der Waals surface area contributed by atoms with Gasteiger partial charge < -0.3 is 9.47 Å². The maximum atomic E-state index is 12.2. The molecule has 1 unspecified atom stereocenters. The number of amides is 1. The summed E-state index contributed by atoms with van der Waals surface area (Å²) < 4.78 is 10.0. The highest BCUT2D eigenvalue weighted by Gasteiger charge is 2.32. The third-order valence-electron chi connectivity index (χ3n) is 2.37. The first-order valence-corrected chi connectivity index (χ1v) is 6.38. The van der Waals surface area contributed by atoms with Gasteiger partial charge in [0.05, 0.1) is 7.11 Å². The van der Waals surface area contributed by atoms with Crippen molar-refractivity contribution in [3.8, 4) is 12.3 Å². The van der Waals surface area contributed by atoms with Gasteiger partial charge in [0.2, 0.25) is 0 Å². The van der Waals surface area contributed by atoms with E-state index in [2.05, 4.69) is 12.5 Å². The quantitative estimate of drug-likeness (QED) is 0.426. The molecule has 0 aliphatic carbocycles. The topological polar surface area (TPSA) is 55.8 Å². The van der Waals surface area contributed by atoms with Gasteiger partial charge >= 0.3 is 12.1 Å². The van der Waals surface area contributed by atoms with Crippen LogP contribution in [0.5, 0.6) is 0 Å². The SMILES string of the molecule is C#CCCC(C(=O)OC)N(CC=C)C(=O)OC(C)(C)C. The molecule has 5 nitrogen and oxygen atoms in total. The number of carbonyl (C=O) groups excluding carboxylic acids is 2. The molecule has 0 rings (SSSR count). The summed E-state index contributed by atoms with van der Waals surface area (Å²) in [6.45, 7) is 9.03. The van der Waals surface area contributed by atoms with E-state index in [1.807, 2.05) is 0 Å². The second-order valence-electron chi connectivity index (χ2n) is 5.20. The Bertz CT molecular complexity index is 390. The Morgan fingerprint density at radius 3 is 2.45 bits per heavy atom. The van der Waals surface area contributed by atoms with Crippen molar-refractivity contribution >= 4 is 12.1 Å². The van der Waals surface area contributed by atoms with Gasteiger partial charge in [-0.2, -0.15) is 0 Å². The van der Waals surface area contributed by atoms with E-state index < -0.39 is 23.7 Å². The zero-order valence-corrected chi connectivity index (χ0v) is 12.6. The van der Waals surface area contributed by atoms with Crippen LogP contribution in [0.1, 0.15) is 33.6 Å². The summed E-state index contributed by atoms with van der Waals surface area (Å²) in [5.41, 5.74) is -0.650. The monoisotopic (exact) mass is 281 g/mol. The second kappa shape index (κ2) is 8.26. The Morgan fingerprint density at radius 1 is 1.45 bits per heavy atom. The van der Waals surface area contributed by atoms with E-state index in [0.29, 0.717) is 12.8 Å². The van der Waals surface area contributed by atoms with E-state index in [9.17, 15) is 9.59 Å². The average molecular weight is 281 g/mol. The van der Waals surface area contributed by atoms with Crippen LogP contribution in [0.15, 0.2) is 12.7 Å². The van der Waals surface area contributed by atoms with Gasteiger partial charge in [0, 0.05) is 13.0 Å². The fraction of sp³-hybridized carbons (Fsp3) is 0.600. The van der Waals surface area contributed by atoms with Crippen LogP contribution in [0.2, 0.25) is 0 Å². The van der Waals surface area contributed by atoms with E-state index in [1.54, 1.807) is 20.8 Å². The zero-order valence-electron chi connectivity index (χ0n) is 12.6. The number of methoxy groups -OCH3 is 1. The molecule has 5 heteroatoms. The van der Waals surface area contributed by atoms with Gasteiger partial charge in [0.25, 0.3) is 0 Å². The van der Waals surface area contributed by atoms with Gasteiger partial charge in [0.15, 0.2) is 0 Å². The molecule has 0 radical (unpaired) electrons. The number of hydrogen-bond donors (Lipinski definition) is 0. The van der Waals surface area contributed by atoms with E-state index in [1.165, 1.54) is 18.1 Å². The highest BCUT2D eigenvalue weighted by atomic mass is 16.6. The summed E-state index contributed by atoms with van der Waals surface area (Å²) in [5.74, 6) is 1.93. The minimum absolute atomic E-state index is 0.180. The second-order valence-corrected chi connectivity index (χ2v) is 5.20. The van der Waals surface area contributed by atoms with E-state index in [4.69, 9.17) is 15.9 Å². The average Bonchev–Trinajstić information content (AvgIpc) is 2.35. The molecular formula is C15H23NO4. The van der Waals surface area contributed by atoms with Crippen LogP contribution in [0, 0.1) is 12.3 Å². The number of esters is 1. The summed E-state index contributed by atoms with van der Waals surface area (Å²) in [7, 11) is 1.27. The Labute approximate surface area is 120 Å². The third kappa shape index (κ3) is 6.28. The fourth-order valence-electron chi connectivity index (χ4n) is 1.55. The standard InChI is InChI=1S/C15H23NO4/c1-7-9-10-12(13(17)19-6)16(11-8-2)14(18)20-15(3,4)5/h1,8,12H,2,9-11H2,3-6H3. The summed E-state index contributed by atoms with van der Waals surface area (Å²) in [4.78, 5) is 25.3. The molecule has 112 valence electrons. The number of ether oxygens (including phenoxy) is 2. The number of carbonyl (C=O) groups is 2. The van der Waals surface area contributed by atoms with Crippen molar-refractivity contribution in [1.29, 1.82) is 0 Å². The number of rotatable bonds is 6. The number of hydrogen-bond acceptors (Lipinski definition) is 4. The van der Waals surface area contributed by atoms with Crippen molar-refractivity contribution in [3.05, 3.63) is 12.7 Å². The first kappa shape index (κ1) is 18.0. The lowest BCUT2D eigenvalue weighted by Crippen LogP contribution is -2.47. The molecule has 0 fully saturated rings. The third-order valence-corrected chi connectivity index (χ3v) is 2.37.